The third-order valence-electron chi connectivity index (χ3n) is 4.72. The average molecular weight is 457 g/mol. The van der Waals surface area contributed by atoms with Crippen LogP contribution in [0.2, 0.25) is 10.0 Å². The molecule has 4 rings (SSSR count). The van der Waals surface area contributed by atoms with Crippen LogP contribution in [0.4, 0.5) is 10.5 Å². The van der Waals surface area contributed by atoms with Gasteiger partial charge in [-0.25, -0.2) is 9.69 Å². The molecule has 156 valence electrons. The van der Waals surface area contributed by atoms with Gasteiger partial charge in [0, 0.05) is 22.7 Å². The number of carbonyl (C=O) groups excluding carboxylic acids is 4. The van der Waals surface area contributed by atoms with Crippen LogP contribution in [0, 0.1) is 0 Å². The van der Waals surface area contributed by atoms with Crippen molar-refractivity contribution in [3.63, 3.8) is 0 Å². The number of nitrogens with one attached hydrogen (secondary N) is 1. The molecular formula is C21H14Cl2N4O4. The number of benzene rings is 2. The summed E-state index contributed by atoms with van der Waals surface area (Å²) in [6.07, 6.45) is 2.96. The minimum atomic E-state index is -0.938. The standard InChI is InChI=1S/C21H14Cl2N4O4/c22-14-5-3-7-16(18(14)23)27-20(30)13(19(29)25-21(27)31)8-11-9-26(10-17(24)28)15-6-2-1-4-12(11)15/h1-9H,10H2,(H2,24,28)(H,25,29,31). The summed E-state index contributed by atoms with van der Waals surface area (Å²) in [5.41, 5.74) is 6.28. The molecule has 3 N–H and O–H groups in total. The highest BCUT2D eigenvalue weighted by Gasteiger charge is 2.38. The van der Waals surface area contributed by atoms with Crippen molar-refractivity contribution < 1.29 is 19.2 Å². The van der Waals surface area contributed by atoms with Crippen molar-refractivity contribution in [3.8, 4) is 0 Å². The Kier molecular flexibility index (Phi) is 5.26. The summed E-state index contributed by atoms with van der Waals surface area (Å²) in [5, 5.41) is 2.98. The number of fused-ring (bicyclic) bond motifs is 1. The van der Waals surface area contributed by atoms with Gasteiger partial charge in [0.1, 0.15) is 12.1 Å². The SMILES string of the molecule is NC(=O)Cn1cc(C=C2C(=O)NC(=O)N(c3cccc(Cl)c3Cl)C2=O)c2ccccc21. The van der Waals surface area contributed by atoms with E-state index in [1.54, 1.807) is 35.0 Å². The fourth-order valence-electron chi connectivity index (χ4n) is 3.39. The second-order valence-electron chi connectivity index (χ2n) is 6.73. The molecule has 1 fully saturated rings. The highest BCUT2D eigenvalue weighted by atomic mass is 35.5. The topological polar surface area (TPSA) is 114 Å². The first-order chi connectivity index (χ1) is 14.8. The van der Waals surface area contributed by atoms with Gasteiger partial charge in [-0.3, -0.25) is 19.7 Å². The van der Waals surface area contributed by atoms with Gasteiger partial charge < -0.3 is 10.3 Å². The predicted molar refractivity (Wildman–Crippen MR) is 117 cm³/mol. The third kappa shape index (κ3) is 3.67. The van der Waals surface area contributed by atoms with Crippen molar-refractivity contribution in [2.24, 2.45) is 5.73 Å². The maximum Gasteiger partial charge on any atom is 0.336 e. The molecule has 0 aliphatic carbocycles. The Morgan fingerprint density at radius 1 is 1.06 bits per heavy atom. The van der Waals surface area contributed by atoms with Gasteiger partial charge in [-0.2, -0.15) is 0 Å². The summed E-state index contributed by atoms with van der Waals surface area (Å²) < 4.78 is 1.62. The number of para-hydroxylation sites is 1. The van der Waals surface area contributed by atoms with Crippen LogP contribution in [0.25, 0.3) is 17.0 Å². The van der Waals surface area contributed by atoms with E-state index < -0.39 is 23.8 Å². The molecule has 2 heterocycles. The van der Waals surface area contributed by atoms with Crippen LogP contribution < -0.4 is 16.0 Å². The lowest BCUT2D eigenvalue weighted by Gasteiger charge is -2.27. The largest absolute Gasteiger partial charge is 0.368 e. The number of hydrogen-bond acceptors (Lipinski definition) is 4. The zero-order valence-electron chi connectivity index (χ0n) is 15.8. The van der Waals surface area contributed by atoms with Gasteiger partial charge in [-0.05, 0) is 24.3 Å². The molecule has 1 aromatic heterocycles. The molecule has 0 unspecified atom stereocenters. The molecule has 2 aromatic carbocycles. The summed E-state index contributed by atoms with van der Waals surface area (Å²) in [5.74, 6) is -2.25. The monoisotopic (exact) mass is 456 g/mol. The maximum atomic E-state index is 13.1. The van der Waals surface area contributed by atoms with E-state index in [1.165, 1.54) is 24.3 Å². The lowest BCUT2D eigenvalue weighted by molar-refractivity contribution is -0.122. The van der Waals surface area contributed by atoms with Gasteiger partial charge in [0.05, 0.1) is 15.7 Å². The fourth-order valence-corrected chi connectivity index (χ4v) is 3.77. The number of aromatic nitrogens is 1. The van der Waals surface area contributed by atoms with Crippen molar-refractivity contribution in [3.05, 3.63) is 69.8 Å². The molecule has 0 saturated carbocycles. The Morgan fingerprint density at radius 3 is 2.55 bits per heavy atom. The number of urea groups is 1. The minimum absolute atomic E-state index is 0.000531. The number of imide groups is 2. The number of carbonyl (C=O) groups is 4. The summed E-state index contributed by atoms with van der Waals surface area (Å²) in [4.78, 5) is 50.2. The van der Waals surface area contributed by atoms with E-state index in [-0.39, 0.29) is 27.9 Å². The van der Waals surface area contributed by atoms with Crippen molar-refractivity contribution in [1.82, 2.24) is 9.88 Å². The highest BCUT2D eigenvalue weighted by Crippen LogP contribution is 2.34. The highest BCUT2D eigenvalue weighted by molar-refractivity contribution is 6.46. The van der Waals surface area contributed by atoms with Gasteiger partial charge in [-0.1, -0.05) is 47.5 Å². The zero-order chi connectivity index (χ0) is 22.3. The number of amides is 5. The number of halogens is 2. The summed E-state index contributed by atoms with van der Waals surface area (Å²) in [6, 6.07) is 10.7. The van der Waals surface area contributed by atoms with Crippen LogP contribution >= 0.6 is 23.2 Å². The van der Waals surface area contributed by atoms with Crippen LogP contribution in [0.3, 0.4) is 0 Å². The van der Waals surface area contributed by atoms with Gasteiger partial charge in [0.15, 0.2) is 0 Å². The molecule has 1 saturated heterocycles. The Morgan fingerprint density at radius 2 is 1.81 bits per heavy atom. The summed E-state index contributed by atoms with van der Waals surface area (Å²) in [7, 11) is 0. The van der Waals surface area contributed by atoms with E-state index in [0.717, 1.165) is 4.90 Å². The molecule has 0 spiro atoms. The Labute approximate surface area is 185 Å². The number of barbiturate groups is 1. The van der Waals surface area contributed by atoms with E-state index in [4.69, 9.17) is 28.9 Å². The molecule has 1 aliphatic rings. The predicted octanol–water partition coefficient (Wildman–Crippen LogP) is 3.10. The first-order valence-electron chi connectivity index (χ1n) is 8.99. The van der Waals surface area contributed by atoms with Gasteiger partial charge in [0.2, 0.25) is 5.91 Å². The van der Waals surface area contributed by atoms with Crippen LogP contribution in [0.1, 0.15) is 5.56 Å². The molecule has 8 nitrogen and oxygen atoms in total. The number of hydrogen-bond donors (Lipinski definition) is 2. The number of anilines is 1. The van der Waals surface area contributed by atoms with E-state index in [2.05, 4.69) is 5.32 Å². The molecule has 10 heteroatoms. The normalized spacial score (nSPS) is 15.6. The Balaban J connectivity index is 1.83. The van der Waals surface area contributed by atoms with Gasteiger partial charge in [0.25, 0.3) is 11.8 Å². The number of primary amides is 1. The molecule has 0 atom stereocenters. The molecule has 1 aliphatic heterocycles. The molecule has 5 amide bonds. The number of nitrogens with zero attached hydrogens (tertiary/aromatic N) is 2. The van der Waals surface area contributed by atoms with Crippen molar-refractivity contribution in [2.45, 2.75) is 6.54 Å². The summed E-state index contributed by atoms with van der Waals surface area (Å²) in [6.45, 7) is -0.0768. The van der Waals surface area contributed by atoms with E-state index in [1.807, 2.05) is 0 Å². The van der Waals surface area contributed by atoms with Crippen LogP contribution in [-0.4, -0.2) is 28.3 Å². The first-order valence-corrected chi connectivity index (χ1v) is 9.75. The van der Waals surface area contributed by atoms with Gasteiger partial charge in [-0.15, -0.1) is 0 Å². The van der Waals surface area contributed by atoms with Crippen molar-refractivity contribution in [2.75, 3.05) is 4.90 Å². The average Bonchev–Trinajstić information content (AvgIpc) is 3.05. The van der Waals surface area contributed by atoms with E-state index >= 15 is 0 Å². The zero-order valence-corrected chi connectivity index (χ0v) is 17.3. The molecule has 3 aromatic rings. The first kappa shape index (κ1) is 20.6. The van der Waals surface area contributed by atoms with Crippen molar-refractivity contribution in [1.29, 1.82) is 0 Å². The second kappa shape index (κ2) is 7.90. The Bertz CT molecular complexity index is 1310. The maximum absolute atomic E-state index is 13.1. The van der Waals surface area contributed by atoms with Crippen LogP contribution in [0.15, 0.2) is 54.2 Å². The van der Waals surface area contributed by atoms with Crippen LogP contribution in [-0.2, 0) is 20.9 Å². The second-order valence-corrected chi connectivity index (χ2v) is 7.51. The molecular weight excluding hydrogens is 443 g/mol. The lowest BCUT2D eigenvalue weighted by Crippen LogP contribution is -2.54. The number of nitrogens with two attached hydrogens (primary N) is 1. The molecule has 0 bridgehead atoms. The quantitative estimate of drug-likeness (QED) is 0.463. The smallest absolute Gasteiger partial charge is 0.336 e. The molecule has 31 heavy (non-hydrogen) atoms. The summed E-state index contributed by atoms with van der Waals surface area (Å²) >= 11 is 12.2. The Hall–Kier alpha value is -3.62. The van der Waals surface area contributed by atoms with Gasteiger partial charge >= 0.3 is 6.03 Å². The number of rotatable bonds is 4. The van der Waals surface area contributed by atoms with E-state index in [0.29, 0.717) is 16.5 Å². The molecule has 0 radical (unpaired) electrons. The van der Waals surface area contributed by atoms with Crippen LogP contribution in [0.5, 0.6) is 0 Å². The lowest BCUT2D eigenvalue weighted by atomic mass is 10.1. The van der Waals surface area contributed by atoms with Crippen molar-refractivity contribution >= 4 is 69.6 Å². The fraction of sp³-hybridized carbons (Fsp3) is 0.0476. The van der Waals surface area contributed by atoms with E-state index in [9.17, 15) is 19.2 Å². The third-order valence-corrected chi connectivity index (χ3v) is 5.53. The minimum Gasteiger partial charge on any atom is -0.368 e.